The van der Waals surface area contributed by atoms with Crippen LogP contribution in [0.2, 0.25) is 0 Å². The van der Waals surface area contributed by atoms with Crippen molar-refractivity contribution in [3.05, 3.63) is 58.7 Å². The molecule has 0 aliphatic heterocycles. The molecule has 16 heavy (non-hydrogen) atoms. The first-order valence-electron chi connectivity index (χ1n) is 5.64. The maximum Gasteiger partial charge on any atom is -0.00972 e. The number of benzene rings is 2. The van der Waals surface area contributed by atoms with Crippen LogP contribution in [-0.4, -0.2) is 0 Å². The van der Waals surface area contributed by atoms with Crippen LogP contribution in [0.5, 0.6) is 0 Å². The molecule has 0 aromatic heterocycles. The van der Waals surface area contributed by atoms with Crippen LogP contribution in [-0.2, 0) is 0 Å². The third-order valence-corrected chi connectivity index (χ3v) is 2.90. The summed E-state index contributed by atoms with van der Waals surface area (Å²) in [5.41, 5.74) is 7.81. The normalized spacial score (nSPS) is 10.5. The predicted molar refractivity (Wildman–Crippen MR) is 69.7 cm³/mol. The largest absolute Gasteiger partial charge is 0.0587 e. The standard InChI is InChI=1S/C16H17/c1-11-6-5-7-15(10-11)16-13(3)8-12(2)9-14(16)4/h5-6,8-10H,1-4H3. The van der Waals surface area contributed by atoms with Crippen LogP contribution in [0, 0.1) is 33.8 Å². The first-order valence-corrected chi connectivity index (χ1v) is 5.64. The number of rotatable bonds is 1. The molecule has 2 aromatic rings. The van der Waals surface area contributed by atoms with Gasteiger partial charge in [-0.3, -0.25) is 0 Å². The third kappa shape index (κ3) is 2.01. The summed E-state index contributed by atoms with van der Waals surface area (Å²) in [5.74, 6) is 0. The molecule has 81 valence electrons. The van der Waals surface area contributed by atoms with E-state index in [1.54, 1.807) is 0 Å². The molecule has 0 unspecified atom stereocenters. The summed E-state index contributed by atoms with van der Waals surface area (Å²) in [4.78, 5) is 0. The maximum atomic E-state index is 3.33. The van der Waals surface area contributed by atoms with E-state index < -0.39 is 0 Å². The van der Waals surface area contributed by atoms with E-state index in [9.17, 15) is 0 Å². The van der Waals surface area contributed by atoms with Gasteiger partial charge in [0.15, 0.2) is 0 Å². The van der Waals surface area contributed by atoms with Crippen LogP contribution in [0.25, 0.3) is 11.1 Å². The minimum Gasteiger partial charge on any atom is -0.0587 e. The van der Waals surface area contributed by atoms with Crippen LogP contribution < -0.4 is 0 Å². The van der Waals surface area contributed by atoms with Crippen molar-refractivity contribution in [2.75, 3.05) is 0 Å². The second-order valence-electron chi connectivity index (χ2n) is 4.55. The van der Waals surface area contributed by atoms with Crippen molar-refractivity contribution in [3.63, 3.8) is 0 Å². The molecule has 0 bridgehead atoms. The van der Waals surface area contributed by atoms with Gasteiger partial charge in [0.05, 0.1) is 0 Å². The summed E-state index contributed by atoms with van der Waals surface area (Å²) < 4.78 is 0. The van der Waals surface area contributed by atoms with Crippen molar-refractivity contribution in [2.45, 2.75) is 27.7 Å². The monoisotopic (exact) mass is 209 g/mol. The Morgan fingerprint density at radius 2 is 1.44 bits per heavy atom. The second kappa shape index (κ2) is 4.13. The van der Waals surface area contributed by atoms with E-state index in [4.69, 9.17) is 0 Å². The highest BCUT2D eigenvalue weighted by atomic mass is 14.1. The molecule has 0 saturated heterocycles. The average molecular weight is 209 g/mol. The Hall–Kier alpha value is -1.56. The zero-order valence-electron chi connectivity index (χ0n) is 10.4. The highest BCUT2D eigenvalue weighted by molar-refractivity contribution is 5.71. The first-order chi connectivity index (χ1) is 7.58. The van der Waals surface area contributed by atoms with Crippen molar-refractivity contribution in [2.24, 2.45) is 0 Å². The topological polar surface area (TPSA) is 0 Å². The Bertz CT molecular complexity index is 498. The van der Waals surface area contributed by atoms with Crippen LogP contribution in [0.3, 0.4) is 0 Å². The minimum absolute atomic E-state index is 1.20. The molecule has 0 aliphatic rings. The first kappa shape index (κ1) is 10.9. The number of hydrogen-bond donors (Lipinski definition) is 0. The molecule has 0 fully saturated rings. The van der Waals surface area contributed by atoms with Gasteiger partial charge in [-0.05, 0) is 56.0 Å². The van der Waals surface area contributed by atoms with Crippen molar-refractivity contribution in [3.8, 4) is 11.1 Å². The molecule has 2 aromatic carbocycles. The molecule has 0 heteroatoms. The zero-order valence-corrected chi connectivity index (χ0v) is 10.4. The lowest BCUT2D eigenvalue weighted by atomic mass is 9.93. The van der Waals surface area contributed by atoms with Gasteiger partial charge in [-0.1, -0.05) is 41.5 Å². The third-order valence-electron chi connectivity index (χ3n) is 2.90. The summed E-state index contributed by atoms with van der Waals surface area (Å²) in [6, 6.07) is 14.1. The lowest BCUT2D eigenvalue weighted by Crippen LogP contribution is -1.90. The molecule has 0 N–H and O–H groups in total. The van der Waals surface area contributed by atoms with Gasteiger partial charge in [0.25, 0.3) is 0 Å². The van der Waals surface area contributed by atoms with E-state index >= 15 is 0 Å². The molecule has 0 spiro atoms. The SMILES string of the molecule is Cc1cc[c]c(-c2c(C)cc(C)cc2C)c1. The van der Waals surface area contributed by atoms with E-state index in [1.165, 1.54) is 33.4 Å². The molecule has 0 atom stereocenters. The van der Waals surface area contributed by atoms with E-state index in [1.807, 2.05) is 6.07 Å². The van der Waals surface area contributed by atoms with Gasteiger partial charge in [0.1, 0.15) is 0 Å². The Kier molecular flexibility index (Phi) is 2.82. The highest BCUT2D eigenvalue weighted by Crippen LogP contribution is 2.28. The van der Waals surface area contributed by atoms with Crippen molar-refractivity contribution >= 4 is 0 Å². The van der Waals surface area contributed by atoms with Gasteiger partial charge >= 0.3 is 0 Å². The number of aryl methyl sites for hydroxylation is 4. The average Bonchev–Trinajstić information content (AvgIpc) is 2.15. The van der Waals surface area contributed by atoms with Gasteiger partial charge in [0, 0.05) is 0 Å². The Morgan fingerprint density at radius 3 is 2.00 bits per heavy atom. The van der Waals surface area contributed by atoms with E-state index in [0.717, 1.165) is 0 Å². The summed E-state index contributed by atoms with van der Waals surface area (Å²) in [6.45, 7) is 8.61. The van der Waals surface area contributed by atoms with Crippen molar-refractivity contribution < 1.29 is 0 Å². The molecule has 0 amide bonds. The predicted octanol–water partition coefficient (Wildman–Crippen LogP) is 4.39. The van der Waals surface area contributed by atoms with Crippen LogP contribution in [0.1, 0.15) is 22.3 Å². The lowest BCUT2D eigenvalue weighted by Gasteiger charge is -2.11. The maximum absolute atomic E-state index is 3.33. The summed E-state index contributed by atoms with van der Waals surface area (Å²) in [7, 11) is 0. The fourth-order valence-electron chi connectivity index (χ4n) is 2.33. The van der Waals surface area contributed by atoms with Crippen LogP contribution >= 0.6 is 0 Å². The molecule has 0 nitrogen and oxygen atoms in total. The van der Waals surface area contributed by atoms with Crippen LogP contribution in [0.15, 0.2) is 30.3 Å². The van der Waals surface area contributed by atoms with Gasteiger partial charge < -0.3 is 0 Å². The van der Waals surface area contributed by atoms with Gasteiger partial charge in [-0.2, -0.15) is 0 Å². The van der Waals surface area contributed by atoms with Gasteiger partial charge in [-0.25, -0.2) is 0 Å². The molecule has 2 rings (SSSR count). The van der Waals surface area contributed by atoms with Crippen molar-refractivity contribution in [1.29, 1.82) is 0 Å². The molecule has 0 heterocycles. The highest BCUT2D eigenvalue weighted by Gasteiger charge is 2.06. The second-order valence-corrected chi connectivity index (χ2v) is 4.55. The fraction of sp³-hybridized carbons (Fsp3) is 0.250. The molecule has 0 saturated carbocycles. The molecule has 1 radical (unpaired) electrons. The van der Waals surface area contributed by atoms with Crippen LogP contribution in [0.4, 0.5) is 0 Å². The van der Waals surface area contributed by atoms with Gasteiger partial charge in [0.2, 0.25) is 0 Å². The Labute approximate surface area is 97.9 Å². The number of hydrogen-bond acceptors (Lipinski definition) is 0. The quantitative estimate of drug-likeness (QED) is 0.653. The molecular formula is C16H17. The Balaban J connectivity index is 2.64. The lowest BCUT2D eigenvalue weighted by molar-refractivity contribution is 1.31. The molecule has 0 aliphatic carbocycles. The van der Waals surface area contributed by atoms with E-state index in [-0.39, 0.29) is 0 Å². The Morgan fingerprint density at radius 1 is 0.812 bits per heavy atom. The fourth-order valence-corrected chi connectivity index (χ4v) is 2.33. The molecular weight excluding hydrogens is 192 g/mol. The summed E-state index contributed by atoms with van der Waals surface area (Å²) >= 11 is 0. The minimum atomic E-state index is 1.20. The van der Waals surface area contributed by atoms with E-state index in [2.05, 4.69) is 58.0 Å². The zero-order chi connectivity index (χ0) is 11.7. The van der Waals surface area contributed by atoms with Gasteiger partial charge in [-0.15, -0.1) is 0 Å². The van der Waals surface area contributed by atoms with E-state index in [0.29, 0.717) is 0 Å². The summed E-state index contributed by atoms with van der Waals surface area (Å²) in [6.07, 6.45) is 0. The summed E-state index contributed by atoms with van der Waals surface area (Å²) in [5, 5.41) is 0. The smallest absolute Gasteiger partial charge is 0.00972 e. The van der Waals surface area contributed by atoms with Crippen molar-refractivity contribution in [1.82, 2.24) is 0 Å².